The van der Waals surface area contributed by atoms with Crippen molar-refractivity contribution in [1.82, 2.24) is 10.1 Å². The second kappa shape index (κ2) is 6.92. The molecule has 0 N–H and O–H groups in total. The fraction of sp³-hybridized carbons (Fsp3) is 0.0952. The predicted molar refractivity (Wildman–Crippen MR) is 111 cm³/mol. The average Bonchev–Trinajstić information content (AvgIpc) is 3.39. The summed E-state index contributed by atoms with van der Waals surface area (Å²) in [6.07, 6.45) is 0. The molecule has 0 saturated carbocycles. The Morgan fingerprint density at radius 3 is 2.79 bits per heavy atom. The number of hydrogen-bond donors (Lipinski definition) is 0. The van der Waals surface area contributed by atoms with Crippen LogP contribution in [0.15, 0.2) is 74.3 Å². The molecular weight excluding hydrogens is 390 g/mol. The van der Waals surface area contributed by atoms with Crippen LogP contribution < -0.4 is 4.90 Å². The second-order valence-corrected chi connectivity index (χ2v) is 8.26. The fourth-order valence-electron chi connectivity index (χ4n) is 3.22. The first-order valence-corrected chi connectivity index (χ1v) is 10.5. The molecule has 2 aromatic heterocycles. The third-order valence-electron chi connectivity index (χ3n) is 4.57. The van der Waals surface area contributed by atoms with Gasteiger partial charge in [0.05, 0.1) is 16.1 Å². The molecule has 0 unspecified atom stereocenters. The highest BCUT2D eigenvalue weighted by Crippen LogP contribution is 2.42. The normalized spacial score (nSPS) is 13.2. The number of anilines is 1. The minimum atomic E-state index is 0.0247. The van der Waals surface area contributed by atoms with Crippen LogP contribution in [-0.2, 0) is 0 Å². The van der Waals surface area contributed by atoms with E-state index in [2.05, 4.69) is 10.1 Å². The number of benzene rings is 2. The molecule has 0 bridgehead atoms. The molecule has 7 heteroatoms. The molecule has 5 rings (SSSR count). The van der Waals surface area contributed by atoms with E-state index < -0.39 is 0 Å². The highest BCUT2D eigenvalue weighted by atomic mass is 32.2. The predicted octanol–water partition coefficient (Wildman–Crippen LogP) is 5.60. The first-order chi connectivity index (χ1) is 13.7. The van der Waals surface area contributed by atoms with Crippen molar-refractivity contribution < 1.29 is 9.32 Å². The lowest BCUT2D eigenvalue weighted by Gasteiger charge is -2.21. The zero-order valence-electron chi connectivity index (χ0n) is 15.0. The van der Waals surface area contributed by atoms with E-state index >= 15 is 0 Å². The number of carbonyl (C=O) groups excluding carboxylic acids is 1. The van der Waals surface area contributed by atoms with Crippen molar-refractivity contribution in [2.24, 2.45) is 0 Å². The summed E-state index contributed by atoms with van der Waals surface area (Å²) < 4.78 is 5.43. The summed E-state index contributed by atoms with van der Waals surface area (Å²) in [6, 6.07) is 17.6. The number of fused-ring (bicyclic) bond motifs is 2. The van der Waals surface area contributed by atoms with Gasteiger partial charge in [0.15, 0.2) is 0 Å². The van der Waals surface area contributed by atoms with Crippen molar-refractivity contribution in [1.29, 1.82) is 0 Å². The van der Waals surface area contributed by atoms with Crippen LogP contribution in [0.2, 0.25) is 0 Å². The smallest absolute Gasteiger partial charge is 0.268 e. The van der Waals surface area contributed by atoms with Crippen molar-refractivity contribution in [3.63, 3.8) is 0 Å². The SMILES string of the molecule is CCN1C(=O)c2ccccc2Sc2cc(-c3noc(-c4cccs4)n3)ccc21. The maximum atomic E-state index is 13.0. The number of amides is 1. The minimum Gasteiger partial charge on any atom is -0.333 e. The Kier molecular flexibility index (Phi) is 4.26. The van der Waals surface area contributed by atoms with Gasteiger partial charge in [0.2, 0.25) is 5.82 Å². The summed E-state index contributed by atoms with van der Waals surface area (Å²) in [5, 5.41) is 6.12. The first kappa shape index (κ1) is 17.2. The minimum absolute atomic E-state index is 0.0247. The molecule has 28 heavy (non-hydrogen) atoms. The van der Waals surface area contributed by atoms with Crippen molar-refractivity contribution in [2.45, 2.75) is 16.7 Å². The highest BCUT2D eigenvalue weighted by molar-refractivity contribution is 7.99. The third kappa shape index (κ3) is 2.83. The van der Waals surface area contributed by atoms with Gasteiger partial charge in [-0.25, -0.2) is 0 Å². The molecule has 0 aliphatic carbocycles. The summed E-state index contributed by atoms with van der Waals surface area (Å²) >= 11 is 3.15. The lowest BCUT2D eigenvalue weighted by molar-refractivity contribution is 0.0985. The lowest BCUT2D eigenvalue weighted by Crippen LogP contribution is -2.30. The lowest BCUT2D eigenvalue weighted by atomic mass is 10.1. The number of nitrogens with zero attached hydrogens (tertiary/aromatic N) is 3. The summed E-state index contributed by atoms with van der Waals surface area (Å²) in [5.41, 5.74) is 2.49. The fourth-order valence-corrected chi connectivity index (χ4v) is 4.98. The summed E-state index contributed by atoms with van der Waals surface area (Å²) in [5.74, 6) is 1.08. The van der Waals surface area contributed by atoms with Crippen molar-refractivity contribution in [3.8, 4) is 22.2 Å². The topological polar surface area (TPSA) is 59.2 Å². The quantitative estimate of drug-likeness (QED) is 0.444. The van der Waals surface area contributed by atoms with Gasteiger partial charge in [0.25, 0.3) is 11.8 Å². The number of hydrogen-bond acceptors (Lipinski definition) is 6. The number of carbonyl (C=O) groups is 1. The van der Waals surface area contributed by atoms with Gasteiger partial charge in [-0.2, -0.15) is 4.98 Å². The van der Waals surface area contributed by atoms with E-state index in [9.17, 15) is 4.79 Å². The zero-order chi connectivity index (χ0) is 19.1. The van der Waals surface area contributed by atoms with Crippen molar-refractivity contribution in [3.05, 3.63) is 65.5 Å². The van der Waals surface area contributed by atoms with Gasteiger partial charge < -0.3 is 9.42 Å². The molecule has 1 aliphatic heterocycles. The zero-order valence-corrected chi connectivity index (χ0v) is 16.6. The van der Waals surface area contributed by atoms with Crippen molar-refractivity contribution >= 4 is 34.7 Å². The molecule has 0 atom stereocenters. The Labute approximate surface area is 170 Å². The van der Waals surface area contributed by atoms with Crippen LogP contribution in [0, 0.1) is 0 Å². The number of aromatic nitrogens is 2. The second-order valence-electron chi connectivity index (χ2n) is 6.23. The maximum Gasteiger partial charge on any atom is 0.268 e. The van der Waals surface area contributed by atoms with E-state index in [4.69, 9.17) is 4.52 Å². The van der Waals surface area contributed by atoms with E-state index in [0.29, 0.717) is 18.3 Å². The third-order valence-corrected chi connectivity index (χ3v) is 6.55. The van der Waals surface area contributed by atoms with Crippen LogP contribution in [-0.4, -0.2) is 22.6 Å². The Hall–Kier alpha value is -2.90. The van der Waals surface area contributed by atoms with E-state index in [1.165, 1.54) is 0 Å². The number of rotatable bonds is 3. The van der Waals surface area contributed by atoms with E-state index in [0.717, 1.165) is 31.5 Å². The molecule has 138 valence electrons. The summed E-state index contributed by atoms with van der Waals surface area (Å²) in [4.78, 5) is 22.2. The Balaban J connectivity index is 1.59. The summed E-state index contributed by atoms with van der Waals surface area (Å²) in [6.45, 7) is 2.59. The Morgan fingerprint density at radius 1 is 1.07 bits per heavy atom. The Morgan fingerprint density at radius 2 is 1.96 bits per heavy atom. The first-order valence-electron chi connectivity index (χ1n) is 8.85. The molecule has 0 saturated heterocycles. The molecular formula is C21H15N3O2S2. The molecule has 1 amide bonds. The molecule has 4 aromatic rings. The van der Waals surface area contributed by atoms with E-state index in [1.54, 1.807) is 23.1 Å². The maximum absolute atomic E-state index is 13.0. The van der Waals surface area contributed by atoms with Crippen LogP contribution in [0.3, 0.4) is 0 Å². The van der Waals surface area contributed by atoms with Gasteiger partial charge in [-0.3, -0.25) is 4.79 Å². The van der Waals surface area contributed by atoms with Crippen LogP contribution in [0.4, 0.5) is 5.69 Å². The van der Waals surface area contributed by atoms with Crippen LogP contribution >= 0.6 is 23.1 Å². The van der Waals surface area contributed by atoms with Crippen molar-refractivity contribution in [2.75, 3.05) is 11.4 Å². The van der Waals surface area contributed by atoms with Gasteiger partial charge in [0, 0.05) is 21.9 Å². The van der Waals surface area contributed by atoms with Gasteiger partial charge in [-0.1, -0.05) is 35.1 Å². The molecule has 3 heterocycles. The number of thiophene rings is 1. The molecule has 0 fully saturated rings. The molecule has 1 aliphatic rings. The largest absolute Gasteiger partial charge is 0.333 e. The van der Waals surface area contributed by atoms with Crippen LogP contribution in [0.5, 0.6) is 0 Å². The van der Waals surface area contributed by atoms with Gasteiger partial charge >= 0.3 is 0 Å². The highest BCUT2D eigenvalue weighted by Gasteiger charge is 2.26. The molecule has 0 spiro atoms. The molecule has 0 radical (unpaired) electrons. The van der Waals surface area contributed by atoms with E-state index in [1.807, 2.05) is 71.8 Å². The molecule has 2 aromatic carbocycles. The monoisotopic (exact) mass is 405 g/mol. The van der Waals surface area contributed by atoms with Crippen LogP contribution in [0.1, 0.15) is 17.3 Å². The van der Waals surface area contributed by atoms with Gasteiger partial charge in [-0.05, 0) is 48.7 Å². The standard InChI is InChI=1S/C21H15N3O2S2/c1-2-24-15-10-9-13(19-22-20(26-23-19)17-8-5-11-27-17)12-18(15)28-16-7-4-3-6-14(16)21(24)25/h3-12H,2H2,1H3. The van der Waals surface area contributed by atoms with Gasteiger partial charge in [-0.15, -0.1) is 11.3 Å². The molecule has 5 nitrogen and oxygen atoms in total. The van der Waals surface area contributed by atoms with Crippen LogP contribution in [0.25, 0.3) is 22.2 Å². The summed E-state index contributed by atoms with van der Waals surface area (Å²) in [7, 11) is 0. The average molecular weight is 406 g/mol. The van der Waals surface area contributed by atoms with Gasteiger partial charge in [0.1, 0.15) is 0 Å². The Bertz CT molecular complexity index is 1170. The van der Waals surface area contributed by atoms with E-state index in [-0.39, 0.29) is 5.91 Å².